The van der Waals surface area contributed by atoms with Crippen LogP contribution in [0, 0.1) is 5.82 Å². The van der Waals surface area contributed by atoms with Gasteiger partial charge in [0.15, 0.2) is 11.0 Å². The molecule has 0 radical (unpaired) electrons. The summed E-state index contributed by atoms with van der Waals surface area (Å²) < 4.78 is 16.1. The molecule has 3 rings (SSSR count). The number of aromatic nitrogens is 3. The molecule has 0 spiro atoms. The maximum absolute atomic E-state index is 14.1. The zero-order chi connectivity index (χ0) is 16.6. The Morgan fingerprint density at radius 2 is 2.04 bits per heavy atom. The summed E-state index contributed by atoms with van der Waals surface area (Å²) >= 11 is 1.37. The Balaban J connectivity index is 1.94. The molecule has 7 heteroatoms. The summed E-state index contributed by atoms with van der Waals surface area (Å²) in [5.74, 6) is 0.251. The van der Waals surface area contributed by atoms with Crippen LogP contribution >= 0.6 is 11.8 Å². The third-order valence-corrected chi connectivity index (χ3v) is 4.81. The SMILES string of the molecule is C[C@@H](Sc1nnc(-c2ccccc2F)n1C1CC1)C(=O)N(C)C. The Morgan fingerprint density at radius 3 is 2.65 bits per heavy atom. The van der Waals surface area contributed by atoms with Crippen LogP contribution in [0.4, 0.5) is 4.39 Å². The summed E-state index contributed by atoms with van der Waals surface area (Å²) in [5, 5.41) is 8.82. The molecule has 1 aromatic heterocycles. The van der Waals surface area contributed by atoms with Crippen LogP contribution in [-0.2, 0) is 4.79 Å². The summed E-state index contributed by atoms with van der Waals surface area (Å²) in [5.41, 5.74) is 0.449. The van der Waals surface area contributed by atoms with Crippen molar-refractivity contribution in [2.45, 2.75) is 36.2 Å². The van der Waals surface area contributed by atoms with Gasteiger partial charge in [0.2, 0.25) is 5.91 Å². The van der Waals surface area contributed by atoms with Gasteiger partial charge in [-0.05, 0) is 31.9 Å². The third-order valence-electron chi connectivity index (χ3n) is 3.76. The van der Waals surface area contributed by atoms with E-state index in [1.54, 1.807) is 37.2 Å². The van der Waals surface area contributed by atoms with E-state index in [2.05, 4.69) is 10.2 Å². The van der Waals surface area contributed by atoms with E-state index in [4.69, 9.17) is 0 Å². The fraction of sp³-hybridized carbons (Fsp3) is 0.438. The summed E-state index contributed by atoms with van der Waals surface area (Å²) in [7, 11) is 3.46. The second-order valence-electron chi connectivity index (χ2n) is 5.88. The van der Waals surface area contributed by atoms with E-state index in [9.17, 15) is 9.18 Å². The molecular formula is C16H19FN4OS. The third kappa shape index (κ3) is 3.24. The van der Waals surface area contributed by atoms with E-state index >= 15 is 0 Å². The number of carbonyl (C=O) groups excluding carboxylic acids is 1. The van der Waals surface area contributed by atoms with Gasteiger partial charge in [-0.15, -0.1) is 10.2 Å². The van der Waals surface area contributed by atoms with Gasteiger partial charge in [0.1, 0.15) is 5.82 Å². The van der Waals surface area contributed by atoms with E-state index in [-0.39, 0.29) is 17.0 Å². The first-order valence-electron chi connectivity index (χ1n) is 7.56. The Morgan fingerprint density at radius 1 is 1.35 bits per heavy atom. The van der Waals surface area contributed by atoms with Gasteiger partial charge in [-0.3, -0.25) is 9.36 Å². The molecule has 1 saturated carbocycles. The smallest absolute Gasteiger partial charge is 0.235 e. The molecule has 23 heavy (non-hydrogen) atoms. The van der Waals surface area contributed by atoms with Gasteiger partial charge in [0.05, 0.1) is 10.8 Å². The van der Waals surface area contributed by atoms with Crippen molar-refractivity contribution in [3.8, 4) is 11.4 Å². The lowest BCUT2D eigenvalue weighted by Crippen LogP contribution is -2.29. The standard InChI is InChI=1S/C16H19FN4OS/c1-10(15(22)20(2)3)23-16-19-18-14(21(16)11-8-9-11)12-6-4-5-7-13(12)17/h4-7,10-11H,8-9H2,1-3H3/t10-/m1/s1. The van der Waals surface area contributed by atoms with Crippen molar-refractivity contribution in [2.24, 2.45) is 0 Å². The molecule has 1 fully saturated rings. The summed E-state index contributed by atoms with van der Waals surface area (Å²) in [4.78, 5) is 13.6. The van der Waals surface area contributed by atoms with Gasteiger partial charge >= 0.3 is 0 Å². The van der Waals surface area contributed by atoms with Gasteiger partial charge in [-0.2, -0.15) is 0 Å². The van der Waals surface area contributed by atoms with Crippen molar-refractivity contribution in [2.75, 3.05) is 14.1 Å². The average molecular weight is 334 g/mol. The second kappa shape index (κ2) is 6.31. The number of carbonyl (C=O) groups is 1. The van der Waals surface area contributed by atoms with Crippen LogP contribution in [0.5, 0.6) is 0 Å². The molecule has 0 bridgehead atoms. The van der Waals surface area contributed by atoms with Crippen LogP contribution in [0.25, 0.3) is 11.4 Å². The molecule has 2 aromatic rings. The Labute approximate surface area is 138 Å². The van der Waals surface area contributed by atoms with Crippen LogP contribution in [0.15, 0.2) is 29.4 Å². The summed E-state index contributed by atoms with van der Waals surface area (Å²) in [6.45, 7) is 1.85. The van der Waals surface area contributed by atoms with E-state index in [1.807, 2.05) is 11.5 Å². The largest absolute Gasteiger partial charge is 0.348 e. The zero-order valence-corrected chi connectivity index (χ0v) is 14.2. The van der Waals surface area contributed by atoms with Gasteiger partial charge in [0.25, 0.3) is 0 Å². The minimum Gasteiger partial charge on any atom is -0.348 e. The molecule has 1 amide bonds. The Kier molecular flexibility index (Phi) is 4.39. The van der Waals surface area contributed by atoms with Crippen LogP contribution in [0.1, 0.15) is 25.8 Å². The lowest BCUT2D eigenvalue weighted by Gasteiger charge is -2.16. The average Bonchev–Trinajstić information content (AvgIpc) is 3.28. The first kappa shape index (κ1) is 16.0. The number of benzene rings is 1. The van der Waals surface area contributed by atoms with Crippen molar-refractivity contribution in [1.82, 2.24) is 19.7 Å². The minimum atomic E-state index is -0.309. The van der Waals surface area contributed by atoms with Crippen LogP contribution in [-0.4, -0.2) is 44.9 Å². The number of hydrogen-bond acceptors (Lipinski definition) is 4. The fourth-order valence-electron chi connectivity index (χ4n) is 2.42. The molecule has 1 aliphatic rings. The predicted octanol–water partition coefficient (Wildman–Crippen LogP) is 2.99. The van der Waals surface area contributed by atoms with E-state index in [0.29, 0.717) is 22.6 Å². The molecule has 1 heterocycles. The highest BCUT2D eigenvalue weighted by molar-refractivity contribution is 8.00. The predicted molar refractivity (Wildman–Crippen MR) is 87.7 cm³/mol. The van der Waals surface area contributed by atoms with Crippen molar-refractivity contribution < 1.29 is 9.18 Å². The Hall–Kier alpha value is -1.89. The molecule has 0 saturated heterocycles. The monoisotopic (exact) mass is 334 g/mol. The maximum Gasteiger partial charge on any atom is 0.235 e. The summed E-state index contributed by atoms with van der Waals surface area (Å²) in [6.07, 6.45) is 2.06. The van der Waals surface area contributed by atoms with E-state index in [0.717, 1.165) is 12.8 Å². The number of amides is 1. The number of rotatable bonds is 5. The second-order valence-corrected chi connectivity index (χ2v) is 7.19. The molecule has 0 unspecified atom stereocenters. The lowest BCUT2D eigenvalue weighted by molar-refractivity contribution is -0.127. The number of thioether (sulfide) groups is 1. The van der Waals surface area contributed by atoms with Crippen LogP contribution in [0.3, 0.4) is 0 Å². The fourth-order valence-corrected chi connectivity index (χ4v) is 3.48. The van der Waals surface area contributed by atoms with Crippen molar-refractivity contribution in [3.05, 3.63) is 30.1 Å². The lowest BCUT2D eigenvalue weighted by atomic mass is 10.2. The Bertz CT molecular complexity index is 727. The molecular weight excluding hydrogens is 315 g/mol. The van der Waals surface area contributed by atoms with E-state index in [1.165, 1.54) is 17.8 Å². The number of nitrogens with zero attached hydrogens (tertiary/aromatic N) is 4. The molecule has 5 nitrogen and oxygen atoms in total. The van der Waals surface area contributed by atoms with Gasteiger partial charge in [0, 0.05) is 20.1 Å². The number of halogens is 1. The van der Waals surface area contributed by atoms with Crippen LogP contribution in [0.2, 0.25) is 0 Å². The normalized spacial score (nSPS) is 15.5. The minimum absolute atomic E-state index is 0.0211. The summed E-state index contributed by atoms with van der Waals surface area (Å²) in [6, 6.07) is 6.87. The highest BCUT2D eigenvalue weighted by Crippen LogP contribution is 2.42. The van der Waals surface area contributed by atoms with Crippen molar-refractivity contribution in [1.29, 1.82) is 0 Å². The van der Waals surface area contributed by atoms with E-state index < -0.39 is 0 Å². The van der Waals surface area contributed by atoms with Gasteiger partial charge in [-0.1, -0.05) is 23.9 Å². The molecule has 1 atom stereocenters. The maximum atomic E-state index is 14.1. The van der Waals surface area contributed by atoms with Gasteiger partial charge < -0.3 is 4.90 Å². The van der Waals surface area contributed by atoms with Crippen molar-refractivity contribution in [3.63, 3.8) is 0 Å². The topological polar surface area (TPSA) is 51.0 Å². The molecule has 0 aliphatic heterocycles. The quantitative estimate of drug-likeness (QED) is 0.789. The first-order valence-corrected chi connectivity index (χ1v) is 8.44. The zero-order valence-electron chi connectivity index (χ0n) is 13.4. The number of hydrogen-bond donors (Lipinski definition) is 0. The molecule has 1 aliphatic carbocycles. The molecule has 122 valence electrons. The molecule has 0 N–H and O–H groups in total. The van der Waals surface area contributed by atoms with Crippen molar-refractivity contribution >= 4 is 17.7 Å². The first-order chi connectivity index (χ1) is 11.0. The van der Waals surface area contributed by atoms with Crippen LogP contribution < -0.4 is 0 Å². The highest BCUT2D eigenvalue weighted by Gasteiger charge is 2.32. The highest BCUT2D eigenvalue weighted by atomic mass is 32.2. The molecule has 1 aromatic carbocycles. The van der Waals surface area contributed by atoms with Gasteiger partial charge in [-0.25, -0.2) is 4.39 Å².